The molecule has 0 aromatic heterocycles. The highest BCUT2D eigenvalue weighted by molar-refractivity contribution is 5.01. The highest BCUT2D eigenvalue weighted by atomic mass is 16.3. The van der Waals surface area contributed by atoms with Crippen LogP contribution in [0.3, 0.4) is 0 Å². The van der Waals surface area contributed by atoms with Crippen LogP contribution in [0.5, 0.6) is 0 Å². The second kappa shape index (κ2) is 4.40. The third kappa shape index (κ3) is 3.16. The lowest BCUT2D eigenvalue weighted by molar-refractivity contribution is 0.122. The molecule has 0 radical (unpaired) electrons. The summed E-state index contributed by atoms with van der Waals surface area (Å²) in [5.74, 6) is 0. The van der Waals surface area contributed by atoms with Crippen LogP contribution in [0.2, 0.25) is 0 Å². The lowest BCUT2D eigenvalue weighted by Gasteiger charge is -2.19. The van der Waals surface area contributed by atoms with Crippen molar-refractivity contribution in [1.29, 1.82) is 0 Å². The third-order valence-corrected chi connectivity index (χ3v) is 3.78. The van der Waals surface area contributed by atoms with Crippen molar-refractivity contribution < 1.29 is 5.11 Å². The Morgan fingerprint density at radius 2 is 2.00 bits per heavy atom. The second-order valence-corrected chi connectivity index (χ2v) is 5.82. The first-order valence-electron chi connectivity index (χ1n) is 6.22. The minimum atomic E-state index is -0.195. The Kier molecular flexibility index (Phi) is 3.33. The van der Waals surface area contributed by atoms with Crippen LogP contribution in [0.25, 0.3) is 0 Å². The van der Waals surface area contributed by atoms with E-state index in [1.54, 1.807) is 0 Å². The molecule has 1 aliphatic heterocycles. The molecular weight excluding hydrogens is 188 g/mol. The second-order valence-electron chi connectivity index (χ2n) is 5.82. The van der Waals surface area contributed by atoms with E-state index in [0.717, 1.165) is 13.1 Å². The lowest BCUT2D eigenvalue weighted by Crippen LogP contribution is -2.38. The van der Waals surface area contributed by atoms with Gasteiger partial charge in [0.25, 0.3) is 0 Å². The first kappa shape index (κ1) is 11.4. The van der Waals surface area contributed by atoms with Crippen LogP contribution in [0, 0.1) is 5.41 Å². The number of hydrogen-bond donors (Lipinski definition) is 2. The fourth-order valence-electron chi connectivity index (χ4n) is 2.42. The van der Waals surface area contributed by atoms with E-state index in [0.29, 0.717) is 11.5 Å². The smallest absolute Gasteiger partial charge is 0.0791 e. The zero-order valence-corrected chi connectivity index (χ0v) is 10.00. The fourth-order valence-corrected chi connectivity index (χ4v) is 2.42. The molecule has 1 aliphatic carbocycles. The van der Waals surface area contributed by atoms with E-state index < -0.39 is 0 Å². The monoisotopic (exact) mass is 212 g/mol. The number of nitrogens with one attached hydrogen (secondary N) is 1. The van der Waals surface area contributed by atoms with Crippen LogP contribution in [0.15, 0.2) is 0 Å². The summed E-state index contributed by atoms with van der Waals surface area (Å²) in [6, 6.07) is 0.630. The molecule has 1 heterocycles. The van der Waals surface area contributed by atoms with Crippen molar-refractivity contribution in [3.8, 4) is 0 Å². The SMILES string of the molecule is CC1(C)CC1NCC(O)CN1CCCC1. The van der Waals surface area contributed by atoms with Crippen molar-refractivity contribution >= 4 is 0 Å². The van der Waals surface area contributed by atoms with E-state index >= 15 is 0 Å². The fraction of sp³-hybridized carbons (Fsp3) is 1.00. The van der Waals surface area contributed by atoms with Gasteiger partial charge in [-0.3, -0.25) is 0 Å². The minimum absolute atomic E-state index is 0.195. The van der Waals surface area contributed by atoms with Gasteiger partial charge in [-0.15, -0.1) is 0 Å². The number of hydrogen-bond acceptors (Lipinski definition) is 3. The zero-order chi connectivity index (χ0) is 10.9. The van der Waals surface area contributed by atoms with Gasteiger partial charge in [0.15, 0.2) is 0 Å². The number of β-amino-alcohol motifs (C(OH)–C–C–N with tert-alkyl or cyclic N) is 1. The average Bonchev–Trinajstić information content (AvgIpc) is 2.62. The van der Waals surface area contributed by atoms with E-state index in [9.17, 15) is 5.11 Å². The van der Waals surface area contributed by atoms with Crippen LogP contribution in [-0.2, 0) is 0 Å². The molecule has 0 bridgehead atoms. The molecule has 2 unspecified atom stereocenters. The van der Waals surface area contributed by atoms with Crippen molar-refractivity contribution in [3.05, 3.63) is 0 Å². The number of nitrogens with zero attached hydrogens (tertiary/aromatic N) is 1. The molecular formula is C12H24N2O. The Morgan fingerprint density at radius 3 is 2.53 bits per heavy atom. The summed E-state index contributed by atoms with van der Waals surface area (Å²) in [7, 11) is 0. The van der Waals surface area contributed by atoms with Gasteiger partial charge in [0.1, 0.15) is 0 Å². The number of aliphatic hydroxyl groups excluding tert-OH is 1. The van der Waals surface area contributed by atoms with E-state index in [1.807, 2.05) is 0 Å². The molecule has 1 saturated heterocycles. The molecule has 0 aromatic rings. The molecule has 0 spiro atoms. The molecule has 0 aromatic carbocycles. The van der Waals surface area contributed by atoms with Gasteiger partial charge >= 0.3 is 0 Å². The van der Waals surface area contributed by atoms with Crippen molar-refractivity contribution in [2.75, 3.05) is 26.2 Å². The predicted molar refractivity (Wildman–Crippen MR) is 61.9 cm³/mol. The Labute approximate surface area is 92.8 Å². The Morgan fingerprint density at radius 1 is 1.40 bits per heavy atom. The lowest BCUT2D eigenvalue weighted by atomic mass is 10.2. The van der Waals surface area contributed by atoms with Crippen LogP contribution >= 0.6 is 0 Å². The number of aliphatic hydroxyl groups is 1. The topological polar surface area (TPSA) is 35.5 Å². The molecule has 3 heteroatoms. The third-order valence-electron chi connectivity index (χ3n) is 3.78. The van der Waals surface area contributed by atoms with Crippen LogP contribution < -0.4 is 5.32 Å². The normalized spacial score (nSPS) is 31.8. The van der Waals surface area contributed by atoms with Gasteiger partial charge in [-0.2, -0.15) is 0 Å². The maximum Gasteiger partial charge on any atom is 0.0791 e. The van der Waals surface area contributed by atoms with Gasteiger partial charge in [-0.05, 0) is 37.8 Å². The summed E-state index contributed by atoms with van der Waals surface area (Å²) in [6.45, 7) is 8.50. The standard InChI is InChI=1S/C12H24N2O/c1-12(2)7-11(12)13-8-10(15)9-14-5-3-4-6-14/h10-11,13,15H,3-9H2,1-2H3. The quantitative estimate of drug-likeness (QED) is 0.708. The Hall–Kier alpha value is -0.120. The Balaban J connectivity index is 1.58. The average molecular weight is 212 g/mol. The van der Waals surface area contributed by atoms with Gasteiger partial charge in [-0.1, -0.05) is 13.8 Å². The van der Waals surface area contributed by atoms with Gasteiger partial charge in [0.2, 0.25) is 0 Å². The molecule has 2 fully saturated rings. The largest absolute Gasteiger partial charge is 0.390 e. The molecule has 88 valence electrons. The predicted octanol–water partition coefficient (Wildman–Crippen LogP) is 0.831. The molecule has 1 saturated carbocycles. The van der Waals surface area contributed by atoms with Crippen molar-refractivity contribution in [3.63, 3.8) is 0 Å². The van der Waals surface area contributed by atoms with Gasteiger partial charge in [0, 0.05) is 19.1 Å². The van der Waals surface area contributed by atoms with Crippen molar-refractivity contribution in [2.45, 2.75) is 45.3 Å². The van der Waals surface area contributed by atoms with Crippen LogP contribution in [-0.4, -0.2) is 48.3 Å². The van der Waals surface area contributed by atoms with Crippen LogP contribution in [0.4, 0.5) is 0 Å². The van der Waals surface area contributed by atoms with Crippen molar-refractivity contribution in [1.82, 2.24) is 10.2 Å². The van der Waals surface area contributed by atoms with E-state index in [-0.39, 0.29) is 6.10 Å². The van der Waals surface area contributed by atoms with E-state index in [4.69, 9.17) is 0 Å². The Bertz CT molecular complexity index is 212. The maximum atomic E-state index is 9.85. The summed E-state index contributed by atoms with van der Waals surface area (Å²) in [4.78, 5) is 2.37. The first-order valence-corrected chi connectivity index (χ1v) is 6.22. The molecule has 3 nitrogen and oxygen atoms in total. The summed E-state index contributed by atoms with van der Waals surface area (Å²) in [5.41, 5.74) is 0.466. The molecule has 0 amide bonds. The zero-order valence-electron chi connectivity index (χ0n) is 10.00. The highest BCUT2D eigenvalue weighted by Gasteiger charge is 2.45. The first-order chi connectivity index (χ1) is 7.08. The molecule has 2 atom stereocenters. The summed E-state index contributed by atoms with van der Waals surface area (Å²) < 4.78 is 0. The van der Waals surface area contributed by atoms with Crippen LogP contribution in [0.1, 0.15) is 33.1 Å². The van der Waals surface area contributed by atoms with Gasteiger partial charge in [0.05, 0.1) is 6.10 Å². The van der Waals surface area contributed by atoms with E-state index in [2.05, 4.69) is 24.1 Å². The molecule has 2 N–H and O–H groups in total. The van der Waals surface area contributed by atoms with Crippen molar-refractivity contribution in [2.24, 2.45) is 5.41 Å². The van der Waals surface area contributed by atoms with Gasteiger partial charge in [-0.25, -0.2) is 0 Å². The minimum Gasteiger partial charge on any atom is -0.390 e. The van der Waals surface area contributed by atoms with Gasteiger partial charge < -0.3 is 15.3 Å². The maximum absolute atomic E-state index is 9.85. The van der Waals surface area contributed by atoms with E-state index in [1.165, 1.54) is 32.4 Å². The number of rotatable bonds is 5. The molecule has 15 heavy (non-hydrogen) atoms. The summed E-state index contributed by atoms with van der Waals surface area (Å²) in [5, 5.41) is 13.3. The summed E-state index contributed by atoms with van der Waals surface area (Å²) >= 11 is 0. The number of likely N-dealkylation sites (tertiary alicyclic amines) is 1. The summed E-state index contributed by atoms with van der Waals surface area (Å²) in [6.07, 6.45) is 3.66. The molecule has 2 aliphatic rings. The molecule has 2 rings (SSSR count). The highest BCUT2D eigenvalue weighted by Crippen LogP contribution is 2.44.